The molecule has 0 spiro atoms. The quantitative estimate of drug-likeness (QED) is 0.562. The summed E-state index contributed by atoms with van der Waals surface area (Å²) in [5.41, 5.74) is 5.66. The van der Waals surface area contributed by atoms with Gasteiger partial charge in [0.05, 0.1) is 6.42 Å². The van der Waals surface area contributed by atoms with E-state index >= 15 is 0 Å². The van der Waals surface area contributed by atoms with Crippen molar-refractivity contribution in [3.05, 3.63) is 71.3 Å². The first-order valence-electron chi connectivity index (χ1n) is 9.02. The first-order valence-corrected chi connectivity index (χ1v) is 9.02. The van der Waals surface area contributed by atoms with E-state index in [-0.39, 0.29) is 12.3 Å². The summed E-state index contributed by atoms with van der Waals surface area (Å²) in [5, 5.41) is 2.43. The highest BCUT2D eigenvalue weighted by Gasteiger charge is 2.07. The van der Waals surface area contributed by atoms with Crippen LogP contribution in [0.15, 0.2) is 54.6 Å². The lowest BCUT2D eigenvalue weighted by atomic mass is 10.0. The van der Waals surface area contributed by atoms with Gasteiger partial charge in [-0.05, 0) is 49.3 Å². The molecule has 0 heterocycles. The van der Waals surface area contributed by atoms with Crippen molar-refractivity contribution in [1.29, 1.82) is 0 Å². The molecule has 0 aliphatic heterocycles. The Morgan fingerprint density at radius 3 is 2.04 bits per heavy atom. The highest BCUT2D eigenvalue weighted by atomic mass is 16.7. The number of hydrogen-bond donors (Lipinski definition) is 2. The maximum Gasteiger partial charge on any atom is 0.431 e. The van der Waals surface area contributed by atoms with Crippen molar-refractivity contribution in [3.8, 4) is 0 Å². The van der Waals surface area contributed by atoms with Crippen LogP contribution in [-0.2, 0) is 28.9 Å². The molecule has 26 heavy (non-hydrogen) atoms. The van der Waals surface area contributed by atoms with Gasteiger partial charge >= 0.3 is 6.09 Å². The average Bonchev–Trinajstić information content (AvgIpc) is 2.66. The molecule has 0 aliphatic carbocycles. The molecule has 0 aromatic heterocycles. The largest absolute Gasteiger partial charge is 0.431 e. The first kappa shape index (κ1) is 19.5. The van der Waals surface area contributed by atoms with Gasteiger partial charge in [0.2, 0.25) is 0 Å². The van der Waals surface area contributed by atoms with Crippen LogP contribution in [0.2, 0.25) is 0 Å². The van der Waals surface area contributed by atoms with Gasteiger partial charge in [0.15, 0.2) is 0 Å². The van der Waals surface area contributed by atoms with Crippen LogP contribution in [0, 0.1) is 0 Å². The van der Waals surface area contributed by atoms with E-state index in [1.54, 1.807) is 6.92 Å². The number of benzene rings is 2. The third-order valence-corrected chi connectivity index (χ3v) is 3.99. The lowest BCUT2D eigenvalue weighted by Gasteiger charge is -2.07. The summed E-state index contributed by atoms with van der Waals surface area (Å²) < 4.78 is 0. The number of nitrogens with one attached hydrogen (secondary N) is 2. The summed E-state index contributed by atoms with van der Waals surface area (Å²) in [4.78, 5) is 27.4. The van der Waals surface area contributed by atoms with E-state index < -0.39 is 6.09 Å². The summed E-state index contributed by atoms with van der Waals surface area (Å²) >= 11 is 0. The maximum atomic E-state index is 11.7. The number of unbranched alkanes of at least 4 members (excludes halogenated alkanes) is 1. The fourth-order valence-electron chi connectivity index (χ4n) is 2.63. The summed E-state index contributed by atoms with van der Waals surface area (Å²) in [5.74, 6) is -0.355. The number of carbonyl (C=O) groups is 2. The number of hydroxylamine groups is 1. The zero-order valence-corrected chi connectivity index (χ0v) is 15.2. The van der Waals surface area contributed by atoms with E-state index in [4.69, 9.17) is 0 Å². The molecule has 5 heteroatoms. The minimum Gasteiger partial charge on any atom is -0.322 e. The van der Waals surface area contributed by atoms with Gasteiger partial charge in [0.25, 0.3) is 5.91 Å². The second-order valence-corrected chi connectivity index (χ2v) is 6.13. The van der Waals surface area contributed by atoms with Crippen molar-refractivity contribution >= 4 is 12.0 Å². The van der Waals surface area contributed by atoms with E-state index in [9.17, 15) is 9.59 Å². The lowest BCUT2D eigenvalue weighted by molar-refractivity contribution is -0.128. The normalized spacial score (nSPS) is 10.2. The molecule has 0 unspecified atom stereocenters. The second-order valence-electron chi connectivity index (χ2n) is 6.13. The molecule has 2 aromatic rings. The molecular weight excluding hydrogens is 328 g/mol. The molecule has 0 bridgehead atoms. The van der Waals surface area contributed by atoms with Gasteiger partial charge in [-0.15, -0.1) is 0 Å². The van der Waals surface area contributed by atoms with Crippen LogP contribution in [0.4, 0.5) is 4.79 Å². The van der Waals surface area contributed by atoms with Crippen molar-refractivity contribution < 1.29 is 14.4 Å². The SMILES string of the molecule is CCNC(=O)ONC(=O)Cc1ccc(CCCCc2ccccc2)cc1. The number of rotatable bonds is 8. The number of amides is 2. The van der Waals surface area contributed by atoms with Crippen LogP contribution < -0.4 is 10.8 Å². The molecule has 0 saturated carbocycles. The van der Waals surface area contributed by atoms with E-state index in [2.05, 4.69) is 52.0 Å². The Labute approximate surface area is 154 Å². The molecule has 0 atom stereocenters. The first-order chi connectivity index (χ1) is 12.7. The van der Waals surface area contributed by atoms with Gasteiger partial charge in [-0.1, -0.05) is 54.6 Å². The lowest BCUT2D eigenvalue weighted by Crippen LogP contribution is -2.34. The maximum absolute atomic E-state index is 11.7. The van der Waals surface area contributed by atoms with E-state index in [1.165, 1.54) is 11.1 Å². The third-order valence-electron chi connectivity index (χ3n) is 3.99. The third kappa shape index (κ3) is 7.38. The predicted molar refractivity (Wildman–Crippen MR) is 102 cm³/mol. The fourth-order valence-corrected chi connectivity index (χ4v) is 2.63. The molecule has 0 fully saturated rings. The number of aryl methyl sites for hydroxylation is 2. The Kier molecular flexibility index (Phi) is 8.19. The summed E-state index contributed by atoms with van der Waals surface area (Å²) in [6.45, 7) is 2.22. The highest BCUT2D eigenvalue weighted by Crippen LogP contribution is 2.11. The van der Waals surface area contributed by atoms with Crippen LogP contribution >= 0.6 is 0 Å². The zero-order chi connectivity index (χ0) is 18.6. The summed E-state index contributed by atoms with van der Waals surface area (Å²) in [6, 6.07) is 18.5. The Balaban J connectivity index is 1.67. The van der Waals surface area contributed by atoms with Crippen LogP contribution in [-0.4, -0.2) is 18.5 Å². The van der Waals surface area contributed by atoms with Crippen molar-refractivity contribution in [2.24, 2.45) is 0 Å². The molecule has 138 valence electrons. The van der Waals surface area contributed by atoms with E-state index in [0.29, 0.717) is 6.54 Å². The van der Waals surface area contributed by atoms with Gasteiger partial charge in [-0.2, -0.15) is 5.48 Å². The molecule has 2 rings (SSSR count). The van der Waals surface area contributed by atoms with Crippen molar-refractivity contribution in [2.45, 2.75) is 39.0 Å². The van der Waals surface area contributed by atoms with Crippen molar-refractivity contribution in [2.75, 3.05) is 6.54 Å². The molecule has 2 amide bonds. The molecule has 0 aliphatic rings. The van der Waals surface area contributed by atoms with Crippen LogP contribution in [0.5, 0.6) is 0 Å². The zero-order valence-electron chi connectivity index (χ0n) is 15.2. The average molecular weight is 354 g/mol. The van der Waals surface area contributed by atoms with Crippen LogP contribution in [0.3, 0.4) is 0 Å². The van der Waals surface area contributed by atoms with Crippen LogP contribution in [0.25, 0.3) is 0 Å². The predicted octanol–water partition coefficient (Wildman–Crippen LogP) is 3.57. The molecule has 2 N–H and O–H groups in total. The molecule has 0 radical (unpaired) electrons. The minimum atomic E-state index is -0.660. The van der Waals surface area contributed by atoms with Gasteiger partial charge in [-0.3, -0.25) is 4.79 Å². The summed E-state index contributed by atoms with van der Waals surface area (Å²) in [6.07, 6.45) is 3.94. The molecule has 0 saturated heterocycles. The van der Waals surface area contributed by atoms with Gasteiger partial charge in [0.1, 0.15) is 0 Å². The standard InChI is InChI=1S/C21H26N2O3/c1-2-22-21(25)26-23-20(24)16-19-14-12-18(13-15-19)11-7-6-10-17-8-4-3-5-9-17/h3-5,8-9,12-15H,2,6-7,10-11,16H2,1H3,(H,22,25)(H,23,24). The molecule has 2 aromatic carbocycles. The highest BCUT2D eigenvalue weighted by molar-refractivity contribution is 5.79. The Morgan fingerprint density at radius 2 is 1.42 bits per heavy atom. The van der Waals surface area contributed by atoms with Gasteiger partial charge in [0, 0.05) is 6.54 Å². The second kappa shape index (κ2) is 10.9. The van der Waals surface area contributed by atoms with E-state index in [1.807, 2.05) is 18.2 Å². The fraction of sp³-hybridized carbons (Fsp3) is 0.333. The monoisotopic (exact) mass is 354 g/mol. The smallest absolute Gasteiger partial charge is 0.322 e. The topological polar surface area (TPSA) is 67.4 Å². The number of hydrogen-bond acceptors (Lipinski definition) is 3. The summed E-state index contributed by atoms with van der Waals surface area (Å²) in [7, 11) is 0. The van der Waals surface area contributed by atoms with Gasteiger partial charge in [-0.25, -0.2) is 4.79 Å². The molecule has 5 nitrogen and oxygen atoms in total. The Morgan fingerprint density at radius 1 is 0.846 bits per heavy atom. The minimum absolute atomic E-state index is 0.174. The van der Waals surface area contributed by atoms with E-state index in [0.717, 1.165) is 31.2 Å². The van der Waals surface area contributed by atoms with Crippen molar-refractivity contribution in [3.63, 3.8) is 0 Å². The molecular formula is C21H26N2O3. The Hall–Kier alpha value is -2.82. The van der Waals surface area contributed by atoms with Crippen molar-refractivity contribution in [1.82, 2.24) is 10.8 Å². The Bertz CT molecular complexity index is 684. The van der Waals surface area contributed by atoms with Crippen LogP contribution in [0.1, 0.15) is 36.5 Å². The van der Waals surface area contributed by atoms with Gasteiger partial charge < -0.3 is 10.2 Å². The number of carbonyl (C=O) groups excluding carboxylic acids is 2.